The lowest BCUT2D eigenvalue weighted by molar-refractivity contribution is 0.600. The first-order valence-electron chi connectivity index (χ1n) is 7.55. The van der Waals surface area contributed by atoms with Crippen molar-refractivity contribution in [3.63, 3.8) is 0 Å². The molecular formula is C15H19N3O2S2. The summed E-state index contributed by atoms with van der Waals surface area (Å²) < 4.78 is 27.5. The zero-order valence-electron chi connectivity index (χ0n) is 12.5. The van der Waals surface area contributed by atoms with Gasteiger partial charge in [0, 0.05) is 6.42 Å². The van der Waals surface area contributed by atoms with Crippen LogP contribution in [0.1, 0.15) is 42.3 Å². The van der Waals surface area contributed by atoms with E-state index in [1.165, 1.54) is 23.3 Å². The maximum Gasteiger partial charge on any atom is 0.263 e. The van der Waals surface area contributed by atoms with Gasteiger partial charge in [-0.05, 0) is 55.4 Å². The van der Waals surface area contributed by atoms with Crippen molar-refractivity contribution in [2.24, 2.45) is 0 Å². The zero-order chi connectivity index (χ0) is 15.6. The van der Waals surface area contributed by atoms with Crippen molar-refractivity contribution >= 4 is 26.5 Å². The van der Waals surface area contributed by atoms with Gasteiger partial charge in [0.05, 0.1) is 4.90 Å². The topological polar surface area (TPSA) is 72.0 Å². The van der Waals surface area contributed by atoms with Crippen molar-refractivity contribution in [2.75, 3.05) is 4.72 Å². The van der Waals surface area contributed by atoms with E-state index >= 15 is 0 Å². The molecular weight excluding hydrogens is 318 g/mol. The lowest BCUT2D eigenvalue weighted by atomic mass is 9.92. The molecule has 0 unspecified atom stereocenters. The number of aromatic nitrogens is 2. The average molecular weight is 337 g/mol. The Bertz CT molecular complexity index is 769. The molecule has 0 spiro atoms. The van der Waals surface area contributed by atoms with E-state index in [0.717, 1.165) is 42.7 Å². The second-order valence-corrected chi connectivity index (χ2v) is 8.24. The van der Waals surface area contributed by atoms with Crippen LogP contribution in [0.3, 0.4) is 0 Å². The van der Waals surface area contributed by atoms with Gasteiger partial charge in [-0.2, -0.15) is 0 Å². The summed E-state index contributed by atoms with van der Waals surface area (Å²) in [4.78, 5) is 0.306. The predicted octanol–water partition coefficient (Wildman–Crippen LogP) is 3.17. The number of benzene rings is 1. The van der Waals surface area contributed by atoms with Gasteiger partial charge in [0.15, 0.2) is 0 Å². The number of anilines is 1. The van der Waals surface area contributed by atoms with Crippen LogP contribution in [-0.4, -0.2) is 18.6 Å². The highest BCUT2D eigenvalue weighted by atomic mass is 32.2. The normalized spacial score (nSPS) is 14.6. The van der Waals surface area contributed by atoms with Crippen molar-refractivity contribution < 1.29 is 8.42 Å². The maximum atomic E-state index is 12.5. The van der Waals surface area contributed by atoms with Crippen LogP contribution in [0.15, 0.2) is 23.1 Å². The fourth-order valence-electron chi connectivity index (χ4n) is 2.66. The second kappa shape index (κ2) is 6.34. The zero-order valence-corrected chi connectivity index (χ0v) is 14.1. The van der Waals surface area contributed by atoms with Crippen LogP contribution in [0.25, 0.3) is 0 Å². The lowest BCUT2D eigenvalue weighted by Crippen LogP contribution is -2.14. The molecule has 3 rings (SSSR count). The van der Waals surface area contributed by atoms with Gasteiger partial charge >= 0.3 is 0 Å². The van der Waals surface area contributed by atoms with Crippen molar-refractivity contribution in [2.45, 2.75) is 50.3 Å². The molecule has 1 aromatic heterocycles. The Labute approximate surface area is 134 Å². The number of fused-ring (bicyclic) bond motifs is 1. The quantitative estimate of drug-likeness (QED) is 0.909. The fraction of sp³-hybridized carbons (Fsp3) is 0.467. The Morgan fingerprint density at radius 2 is 1.95 bits per heavy atom. The molecule has 0 amide bonds. The van der Waals surface area contributed by atoms with Gasteiger partial charge in [-0.15, -0.1) is 10.2 Å². The predicted molar refractivity (Wildman–Crippen MR) is 87.8 cm³/mol. The van der Waals surface area contributed by atoms with Crippen LogP contribution < -0.4 is 4.72 Å². The molecule has 0 fully saturated rings. The Morgan fingerprint density at radius 3 is 2.73 bits per heavy atom. The van der Waals surface area contributed by atoms with E-state index in [2.05, 4.69) is 21.8 Å². The van der Waals surface area contributed by atoms with E-state index in [-0.39, 0.29) is 0 Å². The average Bonchev–Trinajstić information content (AvgIpc) is 2.93. The molecule has 1 aromatic carbocycles. The van der Waals surface area contributed by atoms with E-state index in [4.69, 9.17) is 0 Å². The summed E-state index contributed by atoms with van der Waals surface area (Å²) in [6.45, 7) is 2.05. The van der Waals surface area contributed by atoms with E-state index in [9.17, 15) is 8.42 Å². The third-order valence-corrected chi connectivity index (χ3v) is 6.15. The first kappa shape index (κ1) is 15.4. The highest BCUT2D eigenvalue weighted by molar-refractivity contribution is 7.93. The lowest BCUT2D eigenvalue weighted by Gasteiger charge is -2.16. The highest BCUT2D eigenvalue weighted by Gasteiger charge is 2.19. The van der Waals surface area contributed by atoms with E-state index in [1.54, 1.807) is 12.1 Å². The molecule has 118 valence electrons. The Morgan fingerprint density at radius 1 is 1.18 bits per heavy atom. The van der Waals surface area contributed by atoms with Crippen molar-refractivity contribution in [1.29, 1.82) is 0 Å². The molecule has 1 heterocycles. The molecule has 0 saturated heterocycles. The monoisotopic (exact) mass is 337 g/mol. The maximum absolute atomic E-state index is 12.5. The molecule has 22 heavy (non-hydrogen) atoms. The summed E-state index contributed by atoms with van der Waals surface area (Å²) in [5, 5.41) is 9.09. The number of hydrogen-bond donors (Lipinski definition) is 1. The minimum Gasteiger partial charge on any atom is -0.253 e. The molecule has 0 bridgehead atoms. The number of rotatable bonds is 5. The van der Waals surface area contributed by atoms with Crippen molar-refractivity contribution in [3.8, 4) is 0 Å². The number of hydrogen-bond acceptors (Lipinski definition) is 5. The molecule has 5 nitrogen and oxygen atoms in total. The summed E-state index contributed by atoms with van der Waals surface area (Å²) in [6, 6.07) is 5.41. The summed E-state index contributed by atoms with van der Waals surface area (Å²) in [5.74, 6) is 0. The van der Waals surface area contributed by atoms with Gasteiger partial charge in [-0.3, -0.25) is 4.72 Å². The SMILES string of the molecule is CCCc1nnc(NS(=O)(=O)c2ccc3c(c2)CCCC3)s1. The van der Waals surface area contributed by atoms with Gasteiger partial charge in [0.2, 0.25) is 5.13 Å². The van der Waals surface area contributed by atoms with Crippen LogP contribution in [0.2, 0.25) is 0 Å². The van der Waals surface area contributed by atoms with E-state index < -0.39 is 10.0 Å². The molecule has 0 saturated carbocycles. The smallest absolute Gasteiger partial charge is 0.253 e. The van der Waals surface area contributed by atoms with Crippen LogP contribution in [-0.2, 0) is 29.3 Å². The van der Waals surface area contributed by atoms with Gasteiger partial charge in [-0.1, -0.05) is 24.3 Å². The van der Waals surface area contributed by atoms with Crippen LogP contribution in [0.4, 0.5) is 5.13 Å². The van der Waals surface area contributed by atoms with Crippen molar-refractivity contribution in [1.82, 2.24) is 10.2 Å². The number of sulfonamides is 1. The van der Waals surface area contributed by atoms with Gasteiger partial charge < -0.3 is 0 Å². The van der Waals surface area contributed by atoms with Crippen LogP contribution in [0, 0.1) is 0 Å². The molecule has 1 N–H and O–H groups in total. The Hall–Kier alpha value is -1.47. The molecule has 1 aliphatic carbocycles. The molecule has 0 aliphatic heterocycles. The molecule has 2 aromatic rings. The highest BCUT2D eigenvalue weighted by Crippen LogP contribution is 2.26. The summed E-state index contributed by atoms with van der Waals surface area (Å²) in [5.41, 5.74) is 2.42. The van der Waals surface area contributed by atoms with Gasteiger partial charge in [0.1, 0.15) is 5.01 Å². The molecule has 1 aliphatic rings. The van der Waals surface area contributed by atoms with Crippen LogP contribution in [0.5, 0.6) is 0 Å². The third kappa shape index (κ3) is 3.30. The molecule has 0 radical (unpaired) electrons. The van der Waals surface area contributed by atoms with Crippen LogP contribution >= 0.6 is 11.3 Å². The Balaban J connectivity index is 1.82. The van der Waals surface area contributed by atoms with E-state index in [1.807, 2.05) is 6.07 Å². The summed E-state index contributed by atoms with van der Waals surface area (Å²) in [7, 11) is -3.59. The second-order valence-electron chi connectivity index (χ2n) is 5.49. The first-order chi connectivity index (χ1) is 10.6. The number of nitrogens with one attached hydrogen (secondary N) is 1. The van der Waals surface area contributed by atoms with Gasteiger partial charge in [0.25, 0.3) is 10.0 Å². The van der Waals surface area contributed by atoms with Crippen molar-refractivity contribution in [3.05, 3.63) is 34.3 Å². The molecule has 0 atom stereocenters. The molecule has 7 heteroatoms. The van der Waals surface area contributed by atoms with E-state index in [0.29, 0.717) is 10.0 Å². The van der Waals surface area contributed by atoms with Gasteiger partial charge in [-0.25, -0.2) is 8.42 Å². The Kier molecular flexibility index (Phi) is 4.44. The minimum absolute atomic E-state index is 0.306. The number of aryl methyl sites for hydroxylation is 3. The third-order valence-electron chi connectivity index (χ3n) is 3.78. The largest absolute Gasteiger partial charge is 0.263 e. The number of nitrogens with zero attached hydrogens (tertiary/aromatic N) is 2. The summed E-state index contributed by atoms with van der Waals surface area (Å²) >= 11 is 1.30. The standard InChI is InChI=1S/C15H19N3O2S2/c1-2-5-14-16-17-15(21-14)18-22(19,20)13-9-8-11-6-3-4-7-12(11)10-13/h8-10H,2-7H2,1H3,(H,17,18). The first-order valence-corrected chi connectivity index (χ1v) is 9.85. The fourth-order valence-corrected chi connectivity index (χ4v) is 4.78. The summed E-state index contributed by atoms with van der Waals surface area (Å²) in [6.07, 6.45) is 6.09. The minimum atomic E-state index is -3.59.